The van der Waals surface area contributed by atoms with Crippen molar-refractivity contribution < 1.29 is 37.4 Å². The molecule has 4 aliphatic carbocycles. The third-order valence-corrected chi connectivity index (χ3v) is 9.30. The smallest absolute Gasteiger partial charge is 0.306 e. The zero-order valence-electron chi connectivity index (χ0n) is 18.9. The average Bonchev–Trinajstić information content (AvgIpc) is 2.97. The number of fused-ring (bicyclic) bond motifs is 5. The first kappa shape index (κ1) is 24.5. The molecule has 0 radical (unpaired) electrons. The number of allylic oxidation sites excluding steroid dienone is 4. The fourth-order valence-electron chi connectivity index (χ4n) is 7.21. The summed E-state index contributed by atoms with van der Waals surface area (Å²) in [5.74, 6) is -4.32. The lowest BCUT2D eigenvalue weighted by atomic mass is 9.48. The zero-order chi connectivity index (χ0) is 24.3. The van der Waals surface area contributed by atoms with Gasteiger partial charge in [-0.1, -0.05) is 26.8 Å². The number of aliphatic hydroxyl groups is 1. The third-order valence-electron chi connectivity index (χ3n) is 8.62. The highest BCUT2D eigenvalue weighted by molar-refractivity contribution is 8.13. The molecule has 0 aliphatic heterocycles. The molecule has 9 heteroatoms. The topological polar surface area (TPSA) is 80.7 Å². The van der Waals surface area contributed by atoms with Crippen molar-refractivity contribution in [3.63, 3.8) is 0 Å². The van der Waals surface area contributed by atoms with E-state index in [4.69, 9.17) is 4.74 Å². The summed E-state index contributed by atoms with van der Waals surface area (Å²) in [6.45, 7) is 4.95. The van der Waals surface area contributed by atoms with Gasteiger partial charge in [-0.05, 0) is 54.7 Å². The second-order valence-corrected chi connectivity index (χ2v) is 10.9. The van der Waals surface area contributed by atoms with Crippen LogP contribution in [0.1, 0.15) is 46.5 Å². The van der Waals surface area contributed by atoms with Crippen molar-refractivity contribution in [1.29, 1.82) is 0 Å². The number of ketones is 1. The Morgan fingerprint density at radius 3 is 2.64 bits per heavy atom. The summed E-state index contributed by atoms with van der Waals surface area (Å²) in [5, 5.41) is 10.5. The Bertz CT molecular complexity index is 937. The molecule has 1 N–H and O–H groups in total. The first-order valence-corrected chi connectivity index (χ1v) is 12.4. The molecule has 182 valence electrons. The standard InChI is InChI=1S/C24H29F3O5S/c1-4-20(30)32-24(21(31)33-11-25)12(2)7-16-17-9-18(26)14-8-13(28)5-6-15(14)23(17,27)19(29)10-22(16,24)3/h5-6,8,12,15-19,29H,4,7,9-11H2,1-3H3/t12-,15?,16?,17?,18+,19+,22+,23+,24-/m1/s1. The predicted octanol–water partition coefficient (Wildman–Crippen LogP) is 4.04. The second-order valence-electron chi connectivity index (χ2n) is 10.0. The predicted molar refractivity (Wildman–Crippen MR) is 116 cm³/mol. The van der Waals surface area contributed by atoms with Crippen molar-refractivity contribution in [3.8, 4) is 0 Å². The number of esters is 1. The molecular formula is C24H29F3O5S. The number of ether oxygens (including phenoxy) is 1. The lowest BCUT2D eigenvalue weighted by Gasteiger charge is -2.60. The van der Waals surface area contributed by atoms with E-state index in [9.17, 15) is 23.9 Å². The molecule has 0 aromatic carbocycles. The first-order chi connectivity index (χ1) is 15.5. The van der Waals surface area contributed by atoms with Crippen LogP contribution in [-0.2, 0) is 19.1 Å². The Balaban J connectivity index is 1.83. The minimum absolute atomic E-state index is 0.0105. The van der Waals surface area contributed by atoms with Crippen LogP contribution in [0.3, 0.4) is 0 Å². The molecule has 0 spiro atoms. The van der Waals surface area contributed by atoms with Gasteiger partial charge < -0.3 is 9.84 Å². The van der Waals surface area contributed by atoms with E-state index in [-0.39, 0.29) is 31.3 Å². The SMILES string of the molecule is CCC(=O)O[C@@]1(C(=O)SCF)[C@H](C)CC2C3C[C@H](F)C4=CC(=O)C=CC4[C@@]3(F)[C@@H](O)C[C@@]21C. The van der Waals surface area contributed by atoms with Crippen molar-refractivity contribution >= 4 is 28.6 Å². The molecule has 0 bridgehead atoms. The van der Waals surface area contributed by atoms with Gasteiger partial charge in [-0.15, -0.1) is 0 Å². The minimum Gasteiger partial charge on any atom is -0.449 e. The maximum Gasteiger partial charge on any atom is 0.306 e. The van der Waals surface area contributed by atoms with Gasteiger partial charge in [-0.3, -0.25) is 14.4 Å². The Hall–Kier alpha value is -1.61. The normalized spacial score (nSPS) is 46.2. The number of rotatable bonds is 4. The van der Waals surface area contributed by atoms with Gasteiger partial charge in [0.15, 0.2) is 11.4 Å². The van der Waals surface area contributed by atoms with E-state index in [1.807, 2.05) is 0 Å². The van der Waals surface area contributed by atoms with Gasteiger partial charge in [-0.2, -0.15) is 0 Å². The maximum absolute atomic E-state index is 16.8. The van der Waals surface area contributed by atoms with Gasteiger partial charge in [0.05, 0.1) is 6.10 Å². The molecule has 0 amide bonds. The first-order valence-electron chi connectivity index (χ1n) is 11.4. The highest BCUT2D eigenvalue weighted by atomic mass is 32.2. The number of carbonyl (C=O) groups is 3. The number of aliphatic hydroxyl groups excluding tert-OH is 1. The molecule has 5 nitrogen and oxygen atoms in total. The molecule has 4 rings (SSSR count). The fraction of sp³-hybridized carbons (Fsp3) is 0.708. The largest absolute Gasteiger partial charge is 0.449 e. The van der Waals surface area contributed by atoms with Crippen molar-refractivity contribution in [2.45, 2.75) is 70.0 Å². The number of halogens is 3. The van der Waals surface area contributed by atoms with Gasteiger partial charge >= 0.3 is 5.97 Å². The Morgan fingerprint density at radius 1 is 1.30 bits per heavy atom. The molecule has 0 aromatic heterocycles. The van der Waals surface area contributed by atoms with Crippen molar-refractivity contribution in [2.75, 3.05) is 6.01 Å². The van der Waals surface area contributed by atoms with Crippen LogP contribution in [0.25, 0.3) is 0 Å². The van der Waals surface area contributed by atoms with E-state index in [0.717, 1.165) is 6.08 Å². The van der Waals surface area contributed by atoms with E-state index < -0.39 is 75.5 Å². The number of hydrogen-bond donors (Lipinski definition) is 1. The van der Waals surface area contributed by atoms with E-state index >= 15 is 8.78 Å². The van der Waals surface area contributed by atoms with E-state index in [2.05, 4.69) is 0 Å². The molecule has 4 aliphatic rings. The average molecular weight is 487 g/mol. The highest BCUT2D eigenvalue weighted by Crippen LogP contribution is 2.69. The zero-order valence-corrected chi connectivity index (χ0v) is 19.7. The monoisotopic (exact) mass is 486 g/mol. The van der Waals surface area contributed by atoms with Gasteiger partial charge in [-0.25, -0.2) is 13.2 Å². The summed E-state index contributed by atoms with van der Waals surface area (Å²) >= 11 is 0.397. The van der Waals surface area contributed by atoms with Crippen molar-refractivity contribution in [3.05, 3.63) is 23.8 Å². The highest BCUT2D eigenvalue weighted by Gasteiger charge is 2.76. The molecule has 33 heavy (non-hydrogen) atoms. The third kappa shape index (κ3) is 3.21. The van der Waals surface area contributed by atoms with Crippen molar-refractivity contribution in [2.24, 2.45) is 29.1 Å². The van der Waals surface area contributed by atoms with E-state index in [0.29, 0.717) is 11.8 Å². The molecule has 0 saturated heterocycles. The summed E-state index contributed by atoms with van der Waals surface area (Å²) in [6, 6.07) is -1.02. The Kier molecular flexibility index (Phi) is 6.13. The minimum atomic E-state index is -2.24. The van der Waals surface area contributed by atoms with E-state index in [1.54, 1.807) is 20.8 Å². The number of alkyl halides is 3. The second kappa shape index (κ2) is 8.26. The van der Waals surface area contributed by atoms with Crippen LogP contribution < -0.4 is 0 Å². The molecule has 0 heterocycles. The summed E-state index contributed by atoms with van der Waals surface area (Å²) in [4.78, 5) is 37.5. The lowest BCUT2D eigenvalue weighted by Crippen LogP contribution is -2.68. The van der Waals surface area contributed by atoms with Crippen LogP contribution in [0, 0.1) is 29.1 Å². The van der Waals surface area contributed by atoms with Gasteiger partial charge in [0, 0.05) is 29.6 Å². The Morgan fingerprint density at radius 2 is 2.00 bits per heavy atom. The quantitative estimate of drug-likeness (QED) is 0.604. The van der Waals surface area contributed by atoms with Gasteiger partial charge in [0.25, 0.3) is 0 Å². The lowest BCUT2D eigenvalue weighted by molar-refractivity contribution is -0.217. The van der Waals surface area contributed by atoms with Crippen LogP contribution in [0.15, 0.2) is 23.8 Å². The summed E-state index contributed by atoms with van der Waals surface area (Å²) in [5.41, 5.74) is -5.19. The molecule has 0 aromatic rings. The van der Waals surface area contributed by atoms with E-state index in [1.165, 1.54) is 12.2 Å². The summed E-state index contributed by atoms with van der Waals surface area (Å²) in [7, 11) is 0. The van der Waals surface area contributed by atoms with Gasteiger partial charge in [0.2, 0.25) is 5.12 Å². The number of carbonyl (C=O) groups excluding carboxylic acids is 3. The van der Waals surface area contributed by atoms with Gasteiger partial charge in [0.1, 0.15) is 17.8 Å². The van der Waals surface area contributed by atoms with Crippen molar-refractivity contribution in [1.82, 2.24) is 0 Å². The number of thioether (sulfide) groups is 1. The molecular weight excluding hydrogens is 457 g/mol. The molecule has 3 fully saturated rings. The fourth-order valence-corrected chi connectivity index (χ4v) is 8.00. The van der Waals surface area contributed by atoms with Crippen LogP contribution in [0.4, 0.5) is 13.2 Å². The maximum atomic E-state index is 16.8. The van der Waals surface area contributed by atoms with Crippen LogP contribution in [0.5, 0.6) is 0 Å². The van der Waals surface area contributed by atoms with Crippen LogP contribution in [0.2, 0.25) is 0 Å². The number of hydrogen-bond acceptors (Lipinski definition) is 6. The van der Waals surface area contributed by atoms with Crippen LogP contribution >= 0.6 is 11.8 Å². The molecule has 9 atom stereocenters. The summed E-state index contributed by atoms with van der Waals surface area (Å²) in [6.07, 6.45) is 0.229. The summed E-state index contributed by atoms with van der Waals surface area (Å²) < 4.78 is 51.1. The van der Waals surface area contributed by atoms with Crippen LogP contribution in [-0.4, -0.2) is 51.5 Å². The Labute approximate surface area is 195 Å². The molecule has 3 saturated carbocycles. The molecule has 3 unspecified atom stereocenters.